The number of hydrazine groups is 1. The summed E-state index contributed by atoms with van der Waals surface area (Å²) in [5.74, 6) is 6.83. The van der Waals surface area contributed by atoms with Crippen molar-refractivity contribution in [3.63, 3.8) is 0 Å². The molecule has 3 unspecified atom stereocenters. The van der Waals surface area contributed by atoms with Gasteiger partial charge in [0, 0.05) is 25.1 Å². The third kappa shape index (κ3) is 1.56. The lowest BCUT2D eigenvalue weighted by atomic mass is 9.77. The van der Waals surface area contributed by atoms with Gasteiger partial charge in [-0.05, 0) is 12.8 Å². The van der Waals surface area contributed by atoms with Gasteiger partial charge in [-0.15, -0.1) is 0 Å². The first-order valence-corrected chi connectivity index (χ1v) is 5.06. The minimum absolute atomic E-state index is 0.232. The Labute approximate surface area is 79.1 Å². The molecule has 1 aliphatic heterocycles. The Bertz CT molecular complexity index is 204. The van der Waals surface area contributed by atoms with Gasteiger partial charge in [-0.25, -0.2) is 5.43 Å². The molecule has 3 N–H and O–H groups in total. The average molecular weight is 182 g/mol. The third-order valence-electron chi connectivity index (χ3n) is 3.29. The second-order valence-corrected chi connectivity index (χ2v) is 4.06. The van der Waals surface area contributed by atoms with Crippen LogP contribution in [0, 0.1) is 11.8 Å². The Kier molecular flexibility index (Phi) is 2.51. The van der Waals surface area contributed by atoms with Gasteiger partial charge in [-0.3, -0.25) is 10.9 Å². The molecule has 4 heteroatoms. The molecule has 0 radical (unpaired) electrons. The number of nitrogens with zero attached hydrogens (tertiary/aromatic N) is 2. The minimum atomic E-state index is 0.232. The van der Waals surface area contributed by atoms with Crippen LogP contribution in [0.4, 0.5) is 0 Å². The van der Waals surface area contributed by atoms with Crippen LogP contribution >= 0.6 is 0 Å². The minimum Gasteiger partial charge on any atom is -0.282 e. The zero-order valence-electron chi connectivity index (χ0n) is 8.11. The molecule has 1 saturated carbocycles. The van der Waals surface area contributed by atoms with Gasteiger partial charge in [0.2, 0.25) is 0 Å². The summed E-state index contributed by atoms with van der Waals surface area (Å²) in [5, 5.41) is 6.27. The summed E-state index contributed by atoms with van der Waals surface area (Å²) in [6.45, 7) is 0. The lowest BCUT2D eigenvalue weighted by molar-refractivity contribution is 0.0836. The number of nitrogens with two attached hydrogens (primary N) is 1. The van der Waals surface area contributed by atoms with Crippen molar-refractivity contribution in [2.75, 3.05) is 7.05 Å². The molecule has 4 nitrogen and oxygen atoms in total. The summed E-state index contributed by atoms with van der Waals surface area (Å²) in [6, 6.07) is 0. The summed E-state index contributed by atoms with van der Waals surface area (Å²) >= 11 is 0. The molecule has 1 aliphatic carbocycles. The fourth-order valence-electron chi connectivity index (χ4n) is 2.54. The normalized spacial score (nSPS) is 38.9. The van der Waals surface area contributed by atoms with E-state index in [0.29, 0.717) is 11.8 Å². The maximum absolute atomic E-state index is 5.54. The largest absolute Gasteiger partial charge is 0.282 e. The summed E-state index contributed by atoms with van der Waals surface area (Å²) in [5.41, 5.74) is 2.87. The molecule has 2 aliphatic rings. The molecule has 0 aromatic rings. The molecule has 0 aromatic carbocycles. The average Bonchev–Trinajstić information content (AvgIpc) is 2.18. The van der Waals surface area contributed by atoms with Crippen molar-refractivity contribution in [2.45, 2.75) is 31.8 Å². The Morgan fingerprint density at radius 2 is 2.23 bits per heavy atom. The molecule has 1 fully saturated rings. The molecular formula is C9H18N4. The zero-order valence-corrected chi connectivity index (χ0v) is 8.11. The van der Waals surface area contributed by atoms with E-state index in [4.69, 9.17) is 5.84 Å². The number of nitrogens with one attached hydrogen (secondary N) is 1. The van der Waals surface area contributed by atoms with Gasteiger partial charge in [0.1, 0.15) is 6.17 Å². The zero-order chi connectivity index (χ0) is 9.26. The fraction of sp³-hybridized carbons (Fsp3) is 0.889. The van der Waals surface area contributed by atoms with Crippen molar-refractivity contribution in [1.82, 2.24) is 10.4 Å². The molecular weight excluding hydrogens is 164 g/mol. The Morgan fingerprint density at radius 1 is 1.46 bits per heavy atom. The van der Waals surface area contributed by atoms with Gasteiger partial charge >= 0.3 is 0 Å². The summed E-state index contributed by atoms with van der Waals surface area (Å²) in [4.78, 5) is 0. The second-order valence-electron chi connectivity index (χ2n) is 4.06. The first-order valence-electron chi connectivity index (χ1n) is 5.06. The van der Waals surface area contributed by atoms with E-state index in [2.05, 4.69) is 16.7 Å². The van der Waals surface area contributed by atoms with E-state index in [-0.39, 0.29) is 6.17 Å². The van der Waals surface area contributed by atoms with Gasteiger partial charge < -0.3 is 0 Å². The highest BCUT2D eigenvalue weighted by atomic mass is 15.5. The molecule has 0 aromatic heterocycles. The van der Waals surface area contributed by atoms with Crippen LogP contribution in [0.15, 0.2) is 5.10 Å². The van der Waals surface area contributed by atoms with Crippen LogP contribution in [-0.2, 0) is 0 Å². The van der Waals surface area contributed by atoms with E-state index >= 15 is 0 Å². The third-order valence-corrected chi connectivity index (χ3v) is 3.29. The summed E-state index contributed by atoms with van der Waals surface area (Å²) in [6.07, 6.45) is 7.55. The van der Waals surface area contributed by atoms with Crippen LogP contribution in [0.5, 0.6) is 0 Å². The Morgan fingerprint density at radius 3 is 3.00 bits per heavy atom. The van der Waals surface area contributed by atoms with E-state index < -0.39 is 0 Å². The first kappa shape index (κ1) is 8.97. The van der Waals surface area contributed by atoms with Crippen LogP contribution in [0.1, 0.15) is 25.7 Å². The molecule has 1 heterocycles. The van der Waals surface area contributed by atoms with Crippen LogP contribution in [0.25, 0.3) is 0 Å². The number of hydrogen-bond acceptors (Lipinski definition) is 4. The predicted molar refractivity (Wildman–Crippen MR) is 52.8 cm³/mol. The first-order chi connectivity index (χ1) is 6.33. The van der Waals surface area contributed by atoms with Crippen molar-refractivity contribution in [1.29, 1.82) is 0 Å². The van der Waals surface area contributed by atoms with Crippen molar-refractivity contribution >= 4 is 6.21 Å². The van der Waals surface area contributed by atoms with Crippen LogP contribution in [0.2, 0.25) is 0 Å². The fourth-order valence-corrected chi connectivity index (χ4v) is 2.54. The molecule has 74 valence electrons. The summed E-state index contributed by atoms with van der Waals surface area (Å²) in [7, 11) is 1.98. The van der Waals surface area contributed by atoms with E-state index in [1.165, 1.54) is 25.7 Å². The van der Waals surface area contributed by atoms with Gasteiger partial charge in [0.15, 0.2) is 0 Å². The number of hydrogen-bond donors (Lipinski definition) is 2. The number of fused-ring (bicyclic) bond motifs is 1. The molecule has 0 bridgehead atoms. The lowest BCUT2D eigenvalue weighted by Gasteiger charge is -2.41. The van der Waals surface area contributed by atoms with E-state index in [1.807, 2.05) is 12.1 Å². The van der Waals surface area contributed by atoms with Gasteiger partial charge in [-0.2, -0.15) is 5.10 Å². The van der Waals surface area contributed by atoms with Crippen molar-refractivity contribution < 1.29 is 0 Å². The molecule has 0 spiro atoms. The second kappa shape index (κ2) is 3.64. The lowest BCUT2D eigenvalue weighted by Crippen LogP contribution is -2.54. The van der Waals surface area contributed by atoms with Crippen molar-refractivity contribution in [3.8, 4) is 0 Å². The molecule has 0 amide bonds. The maximum atomic E-state index is 5.54. The predicted octanol–water partition coefficient (Wildman–Crippen LogP) is 0.513. The number of hydrazone groups is 1. The van der Waals surface area contributed by atoms with Crippen molar-refractivity contribution in [2.24, 2.45) is 22.8 Å². The Balaban J connectivity index is 2.13. The molecule has 3 atom stereocenters. The van der Waals surface area contributed by atoms with Gasteiger partial charge in [-0.1, -0.05) is 12.8 Å². The quantitative estimate of drug-likeness (QED) is 0.459. The van der Waals surface area contributed by atoms with Gasteiger partial charge in [0.05, 0.1) is 0 Å². The monoisotopic (exact) mass is 182 g/mol. The molecule has 2 rings (SSSR count). The Hall–Kier alpha value is -0.610. The highest BCUT2D eigenvalue weighted by Gasteiger charge is 2.35. The summed E-state index contributed by atoms with van der Waals surface area (Å²) < 4.78 is 0. The molecule has 13 heavy (non-hydrogen) atoms. The van der Waals surface area contributed by atoms with Crippen molar-refractivity contribution in [3.05, 3.63) is 0 Å². The van der Waals surface area contributed by atoms with Gasteiger partial charge in [0.25, 0.3) is 0 Å². The van der Waals surface area contributed by atoms with E-state index in [9.17, 15) is 0 Å². The van der Waals surface area contributed by atoms with Crippen LogP contribution in [-0.4, -0.2) is 24.4 Å². The number of rotatable bonds is 1. The smallest absolute Gasteiger partial charge is 0.112 e. The SMILES string of the molecule is CN1N=CC2CCCCC2C1NN. The topological polar surface area (TPSA) is 53.6 Å². The van der Waals surface area contributed by atoms with E-state index in [0.717, 1.165) is 0 Å². The standard InChI is InChI=1S/C9H18N4/c1-13-9(12-10)8-5-3-2-4-7(8)6-11-13/h6-9,12H,2-5,10H2,1H3. The highest BCUT2D eigenvalue weighted by molar-refractivity contribution is 5.62. The van der Waals surface area contributed by atoms with E-state index in [1.54, 1.807) is 0 Å². The molecule has 0 saturated heterocycles. The van der Waals surface area contributed by atoms with Crippen LogP contribution < -0.4 is 11.3 Å². The maximum Gasteiger partial charge on any atom is 0.112 e. The van der Waals surface area contributed by atoms with Crippen LogP contribution in [0.3, 0.4) is 0 Å². The highest BCUT2D eigenvalue weighted by Crippen LogP contribution is 2.34.